The zero-order valence-corrected chi connectivity index (χ0v) is 16.1. The Balaban J connectivity index is 1.55. The van der Waals surface area contributed by atoms with E-state index in [1.807, 2.05) is 36.1 Å². The lowest BCUT2D eigenvalue weighted by Gasteiger charge is -2.26. The summed E-state index contributed by atoms with van der Waals surface area (Å²) in [5.74, 6) is 1.02. The number of carbonyl (C=O) groups excluding carboxylic acids is 2. The Morgan fingerprint density at radius 1 is 1.31 bits per heavy atom. The minimum Gasteiger partial charge on any atom is -0.351 e. The number of nitrogens with zero attached hydrogens (tertiary/aromatic N) is 3. The fourth-order valence-corrected chi connectivity index (χ4v) is 3.59. The lowest BCUT2D eigenvalue weighted by molar-refractivity contribution is -0.128. The molecule has 0 spiro atoms. The van der Waals surface area contributed by atoms with Crippen molar-refractivity contribution >= 4 is 22.8 Å². The van der Waals surface area contributed by atoms with Crippen molar-refractivity contribution in [2.75, 3.05) is 13.1 Å². The molecule has 6 heteroatoms. The normalized spacial score (nSPS) is 17.9. The molecule has 0 radical (unpaired) electrons. The van der Waals surface area contributed by atoms with Crippen LogP contribution in [0.15, 0.2) is 24.3 Å². The summed E-state index contributed by atoms with van der Waals surface area (Å²) < 4.78 is 2.07. The first-order valence-corrected chi connectivity index (χ1v) is 9.22. The van der Waals surface area contributed by atoms with Gasteiger partial charge in [0.1, 0.15) is 5.82 Å². The van der Waals surface area contributed by atoms with Gasteiger partial charge in [-0.3, -0.25) is 9.59 Å². The molecule has 1 aliphatic rings. The molecule has 3 rings (SSSR count). The Hall–Kier alpha value is -2.37. The molecular weight excluding hydrogens is 328 g/mol. The predicted octanol–water partition coefficient (Wildman–Crippen LogP) is 2.50. The first kappa shape index (κ1) is 18.4. The van der Waals surface area contributed by atoms with Gasteiger partial charge in [-0.25, -0.2) is 4.98 Å². The summed E-state index contributed by atoms with van der Waals surface area (Å²) in [4.78, 5) is 30.9. The van der Waals surface area contributed by atoms with Gasteiger partial charge >= 0.3 is 0 Å². The number of benzene rings is 1. The van der Waals surface area contributed by atoms with Crippen LogP contribution in [0, 0.1) is 12.3 Å². The van der Waals surface area contributed by atoms with Crippen molar-refractivity contribution < 1.29 is 9.59 Å². The van der Waals surface area contributed by atoms with Crippen LogP contribution < -0.4 is 5.32 Å². The monoisotopic (exact) mass is 356 g/mol. The van der Waals surface area contributed by atoms with E-state index in [1.54, 1.807) is 0 Å². The van der Waals surface area contributed by atoms with Gasteiger partial charge in [0.15, 0.2) is 0 Å². The smallest absolute Gasteiger partial charge is 0.224 e. The summed E-state index contributed by atoms with van der Waals surface area (Å²) in [6.45, 7) is 10.2. The lowest BCUT2D eigenvalue weighted by Crippen LogP contribution is -2.39. The predicted molar refractivity (Wildman–Crippen MR) is 102 cm³/mol. The highest BCUT2D eigenvalue weighted by atomic mass is 16.2. The van der Waals surface area contributed by atoms with E-state index in [-0.39, 0.29) is 23.3 Å². The zero-order valence-electron chi connectivity index (χ0n) is 16.1. The van der Waals surface area contributed by atoms with Gasteiger partial charge in [-0.05, 0) is 24.5 Å². The van der Waals surface area contributed by atoms with Crippen molar-refractivity contribution in [3.8, 4) is 0 Å². The Labute approximate surface area is 154 Å². The van der Waals surface area contributed by atoms with Gasteiger partial charge in [-0.2, -0.15) is 0 Å². The van der Waals surface area contributed by atoms with Crippen molar-refractivity contribution in [2.45, 2.75) is 53.1 Å². The van der Waals surface area contributed by atoms with Gasteiger partial charge in [0.2, 0.25) is 11.8 Å². The third kappa shape index (κ3) is 4.23. The van der Waals surface area contributed by atoms with E-state index in [0.29, 0.717) is 25.9 Å². The van der Waals surface area contributed by atoms with Gasteiger partial charge in [-0.15, -0.1) is 0 Å². The van der Waals surface area contributed by atoms with Gasteiger partial charge in [0.25, 0.3) is 0 Å². The molecule has 0 saturated carbocycles. The maximum Gasteiger partial charge on any atom is 0.224 e. The number of likely N-dealkylation sites (tertiary alicyclic amines) is 1. The summed E-state index contributed by atoms with van der Waals surface area (Å²) >= 11 is 0. The van der Waals surface area contributed by atoms with Crippen LogP contribution in [0.2, 0.25) is 0 Å². The molecule has 26 heavy (non-hydrogen) atoms. The van der Waals surface area contributed by atoms with Crippen LogP contribution in [0.25, 0.3) is 11.0 Å². The minimum absolute atomic E-state index is 0.0161. The van der Waals surface area contributed by atoms with Crippen molar-refractivity contribution in [3.63, 3.8) is 0 Å². The number of aromatic nitrogens is 2. The number of fused-ring (bicyclic) bond motifs is 1. The molecule has 1 aromatic heterocycles. The van der Waals surface area contributed by atoms with Gasteiger partial charge in [0, 0.05) is 32.5 Å². The van der Waals surface area contributed by atoms with Crippen molar-refractivity contribution in [1.82, 2.24) is 19.8 Å². The number of rotatable bonds is 5. The van der Waals surface area contributed by atoms with Crippen LogP contribution >= 0.6 is 0 Å². The first-order valence-electron chi connectivity index (χ1n) is 9.22. The van der Waals surface area contributed by atoms with Crippen molar-refractivity contribution in [2.24, 2.45) is 5.41 Å². The first-order chi connectivity index (χ1) is 12.2. The molecule has 2 aromatic rings. The molecular formula is C20H28N4O2. The SMILES string of the molecule is Cc1nc2ccccc2n1CCC(=O)NC1CC(=O)N(CC(C)(C)C)C1. The average Bonchev–Trinajstić information content (AvgIpc) is 3.03. The van der Waals surface area contributed by atoms with Crippen LogP contribution in [0.1, 0.15) is 39.4 Å². The molecule has 1 fully saturated rings. The molecule has 0 aliphatic carbocycles. The third-order valence-corrected chi connectivity index (χ3v) is 4.65. The lowest BCUT2D eigenvalue weighted by atomic mass is 9.96. The summed E-state index contributed by atoms with van der Waals surface area (Å²) in [5.41, 5.74) is 2.06. The van der Waals surface area contributed by atoms with Gasteiger partial charge < -0.3 is 14.8 Å². The molecule has 1 saturated heterocycles. The number of hydrogen-bond donors (Lipinski definition) is 1. The molecule has 140 valence electrons. The fourth-order valence-electron chi connectivity index (χ4n) is 3.59. The Kier molecular flexibility index (Phi) is 5.03. The summed E-state index contributed by atoms with van der Waals surface area (Å²) in [6.07, 6.45) is 0.778. The van der Waals surface area contributed by atoms with Crippen LogP contribution in [0.4, 0.5) is 0 Å². The maximum absolute atomic E-state index is 12.4. The zero-order chi connectivity index (χ0) is 18.9. The van der Waals surface area contributed by atoms with Gasteiger partial charge in [0.05, 0.1) is 17.1 Å². The largest absolute Gasteiger partial charge is 0.351 e. The van der Waals surface area contributed by atoms with Crippen LogP contribution in [-0.2, 0) is 16.1 Å². The minimum atomic E-state index is -0.0852. The number of hydrogen-bond acceptors (Lipinski definition) is 3. The summed E-state index contributed by atoms with van der Waals surface area (Å²) in [6, 6.07) is 7.86. The molecule has 1 unspecified atom stereocenters. The molecule has 1 atom stereocenters. The summed E-state index contributed by atoms with van der Waals surface area (Å²) in [7, 11) is 0. The molecule has 2 amide bonds. The number of aryl methyl sites for hydroxylation is 2. The number of nitrogens with one attached hydrogen (secondary N) is 1. The van der Waals surface area contributed by atoms with Crippen LogP contribution in [-0.4, -0.2) is 45.4 Å². The molecule has 2 heterocycles. The Morgan fingerprint density at radius 2 is 2.04 bits per heavy atom. The third-order valence-electron chi connectivity index (χ3n) is 4.65. The summed E-state index contributed by atoms with van der Waals surface area (Å²) in [5, 5.41) is 3.02. The second-order valence-corrected chi connectivity index (χ2v) is 8.35. The second kappa shape index (κ2) is 7.09. The van der Waals surface area contributed by atoms with Gasteiger partial charge in [-0.1, -0.05) is 32.9 Å². The number of imidazole rings is 1. The highest BCUT2D eigenvalue weighted by Gasteiger charge is 2.32. The van der Waals surface area contributed by atoms with Crippen molar-refractivity contribution in [3.05, 3.63) is 30.1 Å². The fraction of sp³-hybridized carbons (Fsp3) is 0.550. The molecule has 0 bridgehead atoms. The maximum atomic E-state index is 12.4. The topological polar surface area (TPSA) is 67.2 Å². The Morgan fingerprint density at radius 3 is 2.77 bits per heavy atom. The second-order valence-electron chi connectivity index (χ2n) is 8.35. The van der Waals surface area contributed by atoms with Crippen LogP contribution in [0.5, 0.6) is 0 Å². The molecule has 1 N–H and O–H groups in total. The van der Waals surface area contributed by atoms with E-state index in [9.17, 15) is 9.59 Å². The van der Waals surface area contributed by atoms with Crippen LogP contribution in [0.3, 0.4) is 0 Å². The van der Waals surface area contributed by atoms with E-state index in [2.05, 4.69) is 35.6 Å². The highest BCUT2D eigenvalue weighted by molar-refractivity contribution is 5.82. The molecule has 1 aliphatic heterocycles. The van der Waals surface area contributed by atoms with E-state index in [1.165, 1.54) is 0 Å². The average molecular weight is 356 g/mol. The molecule has 1 aromatic carbocycles. The Bertz CT molecular complexity index is 819. The van der Waals surface area contributed by atoms with E-state index in [4.69, 9.17) is 0 Å². The quantitative estimate of drug-likeness (QED) is 0.895. The highest BCUT2D eigenvalue weighted by Crippen LogP contribution is 2.20. The number of carbonyl (C=O) groups is 2. The van der Waals surface area contributed by atoms with E-state index >= 15 is 0 Å². The number of para-hydroxylation sites is 2. The standard InChI is InChI=1S/C20H28N4O2/c1-14-21-16-7-5-6-8-17(16)24(14)10-9-18(25)22-15-11-19(26)23(12-15)13-20(2,3)4/h5-8,15H,9-13H2,1-4H3,(H,22,25). The van der Waals surface area contributed by atoms with E-state index < -0.39 is 0 Å². The molecule has 6 nitrogen and oxygen atoms in total. The number of amides is 2. The van der Waals surface area contributed by atoms with E-state index in [0.717, 1.165) is 23.4 Å². The van der Waals surface area contributed by atoms with Crippen molar-refractivity contribution in [1.29, 1.82) is 0 Å².